The Labute approximate surface area is 81.2 Å². The van der Waals surface area contributed by atoms with E-state index in [9.17, 15) is 5.11 Å². The zero-order valence-electron chi connectivity index (χ0n) is 7.69. The minimum atomic E-state index is -0.00648. The van der Waals surface area contributed by atoms with Gasteiger partial charge in [-0.1, -0.05) is 29.5 Å². The summed E-state index contributed by atoms with van der Waals surface area (Å²) >= 11 is 0. The topological polar surface area (TPSA) is 51.2 Å². The molecule has 3 heteroatoms. The highest BCUT2D eigenvalue weighted by atomic mass is 16.3. The van der Waals surface area contributed by atoms with Gasteiger partial charge in [-0.25, -0.2) is 0 Å². The van der Waals surface area contributed by atoms with Crippen molar-refractivity contribution < 1.29 is 5.11 Å². The molecule has 0 aliphatic carbocycles. The van der Waals surface area contributed by atoms with Crippen LogP contribution in [0, 0.1) is 12.3 Å². The van der Waals surface area contributed by atoms with Crippen LogP contribution < -0.4 is 5.11 Å². The highest BCUT2D eigenvalue weighted by molar-refractivity contribution is 5.98. The molecule has 0 N–H and O–H groups in total. The number of fused-ring (bicyclic) bond motifs is 1. The summed E-state index contributed by atoms with van der Waals surface area (Å²) in [4.78, 5) is 3.16. The first-order valence-corrected chi connectivity index (χ1v) is 4.28. The number of nitrogens with zero attached hydrogens (tertiary/aromatic N) is 2. The summed E-state index contributed by atoms with van der Waals surface area (Å²) in [5.74, 6) is -0.00648. The van der Waals surface area contributed by atoms with Crippen LogP contribution in [0.2, 0.25) is 0 Å². The molecule has 0 atom stereocenters. The van der Waals surface area contributed by atoms with E-state index >= 15 is 0 Å². The van der Waals surface area contributed by atoms with E-state index in [2.05, 4.69) is 4.98 Å². The monoisotopic (exact) mass is 184 g/mol. The Kier molecular flexibility index (Phi) is 1.83. The van der Waals surface area contributed by atoms with Crippen molar-refractivity contribution in [2.45, 2.75) is 6.92 Å². The van der Waals surface area contributed by atoms with Gasteiger partial charge in [0, 0.05) is 6.07 Å². The largest absolute Gasteiger partial charge is 0.872 e. The zero-order valence-corrected chi connectivity index (χ0v) is 7.69. The van der Waals surface area contributed by atoms with Crippen LogP contribution in [0.1, 0.15) is 5.56 Å². The quantitative estimate of drug-likeness (QED) is 0.591. The zero-order chi connectivity index (χ0) is 10.1. The van der Waals surface area contributed by atoms with E-state index in [1.165, 1.54) is 0 Å². The van der Waals surface area contributed by atoms with Crippen LogP contribution in [0.25, 0.3) is 15.7 Å². The molecule has 0 amide bonds. The van der Waals surface area contributed by atoms with E-state index in [0.717, 1.165) is 0 Å². The molecule has 0 saturated carbocycles. The Hall–Kier alpha value is -2.08. The van der Waals surface area contributed by atoms with Crippen LogP contribution in [0.15, 0.2) is 30.3 Å². The van der Waals surface area contributed by atoms with Gasteiger partial charge in [-0.3, -0.25) is 0 Å². The molecule has 0 aromatic heterocycles. The summed E-state index contributed by atoms with van der Waals surface area (Å²) in [6, 6.07) is 8.70. The van der Waals surface area contributed by atoms with Gasteiger partial charge >= 0.3 is 5.69 Å². The number of rotatable bonds is 0. The predicted octanol–water partition coefficient (Wildman–Crippen LogP) is 2.71. The Balaban J connectivity index is 2.99. The smallest absolute Gasteiger partial charge is 0.392 e. The maximum atomic E-state index is 11.7. The second-order valence-corrected chi connectivity index (χ2v) is 3.19. The van der Waals surface area contributed by atoms with E-state index in [-0.39, 0.29) is 5.75 Å². The maximum Gasteiger partial charge on any atom is 0.392 e. The third-order valence-electron chi connectivity index (χ3n) is 2.27. The predicted molar refractivity (Wildman–Crippen MR) is 52.9 cm³/mol. The van der Waals surface area contributed by atoms with Crippen molar-refractivity contribution in [1.29, 1.82) is 5.39 Å². The van der Waals surface area contributed by atoms with E-state index < -0.39 is 0 Å². The average molecular weight is 184 g/mol. The van der Waals surface area contributed by atoms with Gasteiger partial charge in [-0.15, -0.1) is 0 Å². The molecule has 3 nitrogen and oxygen atoms in total. The average Bonchev–Trinajstić information content (AvgIpc) is 2.23. The summed E-state index contributed by atoms with van der Waals surface area (Å²) < 4.78 is 0. The molecule has 14 heavy (non-hydrogen) atoms. The number of aryl methyl sites for hydroxylation is 1. The molecular weight excluding hydrogens is 176 g/mol. The van der Waals surface area contributed by atoms with E-state index in [0.29, 0.717) is 22.0 Å². The second-order valence-electron chi connectivity index (χ2n) is 3.19. The third-order valence-corrected chi connectivity index (χ3v) is 2.27. The van der Waals surface area contributed by atoms with Gasteiger partial charge in [0.2, 0.25) is 5.39 Å². The van der Waals surface area contributed by atoms with Crippen LogP contribution in [0.4, 0.5) is 5.69 Å². The van der Waals surface area contributed by atoms with Crippen molar-refractivity contribution in [3.63, 3.8) is 0 Å². The van der Waals surface area contributed by atoms with Crippen molar-refractivity contribution >= 4 is 16.5 Å². The fraction of sp³-hybridized carbons (Fsp3) is 0.0909. The van der Waals surface area contributed by atoms with Crippen molar-refractivity contribution in [1.82, 2.24) is 0 Å². The lowest BCUT2D eigenvalue weighted by Crippen LogP contribution is -1.94. The van der Waals surface area contributed by atoms with Gasteiger partial charge in [0.15, 0.2) is 4.98 Å². The summed E-state index contributed by atoms with van der Waals surface area (Å²) in [5.41, 5.74) is 1.04. The molecule has 0 fully saturated rings. The number of benzene rings is 2. The molecule has 0 bridgehead atoms. The normalized spacial score (nSPS) is 10.0. The minimum absolute atomic E-state index is 0.00648. The van der Waals surface area contributed by atoms with Gasteiger partial charge in [0.25, 0.3) is 0 Å². The molecule has 2 rings (SSSR count). The SMILES string of the molecule is Cc1cc([N+]#N)c2ccccc2c1[O-]. The van der Waals surface area contributed by atoms with Crippen LogP contribution >= 0.6 is 0 Å². The molecule has 0 aliphatic rings. The van der Waals surface area contributed by atoms with Crippen LogP contribution in [-0.2, 0) is 0 Å². The first-order chi connectivity index (χ1) is 6.74. The summed E-state index contributed by atoms with van der Waals surface area (Å²) in [5, 5.41) is 21.7. The van der Waals surface area contributed by atoms with Crippen molar-refractivity contribution in [2.24, 2.45) is 0 Å². The Morgan fingerprint density at radius 2 is 1.86 bits per heavy atom. The van der Waals surface area contributed by atoms with Gasteiger partial charge in [-0.2, -0.15) is 0 Å². The third kappa shape index (κ3) is 1.09. The summed E-state index contributed by atoms with van der Waals surface area (Å²) in [6.45, 7) is 1.71. The highest BCUT2D eigenvalue weighted by Crippen LogP contribution is 2.33. The van der Waals surface area contributed by atoms with Gasteiger partial charge in [0.05, 0.1) is 5.39 Å². The fourth-order valence-electron chi connectivity index (χ4n) is 1.55. The van der Waals surface area contributed by atoms with Crippen LogP contribution in [0.5, 0.6) is 5.75 Å². The number of hydrogen-bond donors (Lipinski definition) is 0. The summed E-state index contributed by atoms with van der Waals surface area (Å²) in [7, 11) is 0. The van der Waals surface area contributed by atoms with Crippen molar-refractivity contribution in [3.8, 4) is 5.75 Å². The first-order valence-electron chi connectivity index (χ1n) is 4.28. The maximum absolute atomic E-state index is 11.7. The molecule has 0 heterocycles. The summed E-state index contributed by atoms with van der Waals surface area (Å²) in [6.07, 6.45) is 0. The van der Waals surface area contributed by atoms with E-state index in [1.807, 2.05) is 6.07 Å². The van der Waals surface area contributed by atoms with Gasteiger partial charge in [-0.05, 0) is 18.4 Å². The van der Waals surface area contributed by atoms with E-state index in [1.54, 1.807) is 31.2 Å². The lowest BCUT2D eigenvalue weighted by Gasteiger charge is -2.11. The second kappa shape index (κ2) is 3.00. The van der Waals surface area contributed by atoms with Crippen LogP contribution in [0.3, 0.4) is 0 Å². The fourth-order valence-corrected chi connectivity index (χ4v) is 1.55. The first kappa shape index (κ1) is 8.52. The molecule has 0 unspecified atom stereocenters. The minimum Gasteiger partial charge on any atom is -0.872 e. The lowest BCUT2D eigenvalue weighted by atomic mass is 10.0. The lowest BCUT2D eigenvalue weighted by molar-refractivity contribution is -0.266. The molecule has 0 aliphatic heterocycles. The Bertz CT molecular complexity index is 541. The number of hydrogen-bond acceptors (Lipinski definition) is 2. The Morgan fingerprint density at radius 1 is 1.21 bits per heavy atom. The molecule has 0 spiro atoms. The van der Waals surface area contributed by atoms with E-state index in [4.69, 9.17) is 5.39 Å². The molecule has 0 saturated heterocycles. The number of diazo groups is 1. The van der Waals surface area contributed by atoms with Crippen LogP contribution in [-0.4, -0.2) is 0 Å². The molecule has 2 aromatic carbocycles. The standard InChI is InChI=1S/C11H8N2O/c1-7-6-10(13-12)8-4-2-3-5-9(8)11(7)14/h2-6H,1H3. The van der Waals surface area contributed by atoms with Crippen molar-refractivity contribution in [2.75, 3.05) is 0 Å². The molecule has 0 radical (unpaired) electrons. The van der Waals surface area contributed by atoms with Gasteiger partial charge < -0.3 is 5.11 Å². The molecule has 2 aromatic rings. The molecule has 68 valence electrons. The highest BCUT2D eigenvalue weighted by Gasteiger charge is 2.12. The van der Waals surface area contributed by atoms with Gasteiger partial charge in [0.1, 0.15) is 0 Å². The molecular formula is C11H8N2O. The van der Waals surface area contributed by atoms with Crippen molar-refractivity contribution in [3.05, 3.63) is 40.9 Å². The Morgan fingerprint density at radius 3 is 2.50 bits per heavy atom.